The number of hydrogen-bond donors (Lipinski definition) is 3. The number of urea groups is 1. The van der Waals surface area contributed by atoms with Gasteiger partial charge in [-0.25, -0.2) is 4.79 Å². The fourth-order valence-electron chi connectivity index (χ4n) is 5.94. The summed E-state index contributed by atoms with van der Waals surface area (Å²) in [6.07, 6.45) is -0.839. The van der Waals surface area contributed by atoms with Crippen LogP contribution in [0.4, 0.5) is 4.79 Å². The number of rotatable bonds is 12. The average molecular weight is 675 g/mol. The molecule has 5 aromatic rings. The van der Waals surface area contributed by atoms with Crippen LogP contribution in [0, 0.1) is 5.92 Å². The standard InChI is InChI=1S/C41H42N2O5S/c1-28-37(27-49-38-14-7-6-13-36(38)46-2)47-40(48-39(28)33-17-15-30(26-44)16-18-33)34-21-19-32(20-22-34)35-12-8-11-31(23-35)25-43-41(45)42-24-29-9-4-3-5-10-29/h3-23,28,37,39-40,44H,24-27H2,1-2H3,(H2,42,43,45)/t28-,37+,39+,40+/m0/s1. The minimum atomic E-state index is -0.555. The highest BCUT2D eigenvalue weighted by Crippen LogP contribution is 2.44. The van der Waals surface area contributed by atoms with E-state index in [9.17, 15) is 9.90 Å². The molecule has 1 saturated heterocycles. The molecular formula is C41H42N2O5S. The van der Waals surface area contributed by atoms with Gasteiger partial charge in [-0.05, 0) is 51.6 Å². The van der Waals surface area contributed by atoms with Gasteiger partial charge in [-0.2, -0.15) is 0 Å². The average Bonchev–Trinajstić information content (AvgIpc) is 3.16. The monoisotopic (exact) mass is 674 g/mol. The summed E-state index contributed by atoms with van der Waals surface area (Å²) in [6, 6.07) is 42.1. The van der Waals surface area contributed by atoms with E-state index in [0.717, 1.165) is 55.3 Å². The van der Waals surface area contributed by atoms with Crippen molar-refractivity contribution in [3.63, 3.8) is 0 Å². The van der Waals surface area contributed by atoms with E-state index in [1.54, 1.807) is 18.9 Å². The highest BCUT2D eigenvalue weighted by Gasteiger charge is 2.38. The maximum atomic E-state index is 12.4. The predicted molar refractivity (Wildman–Crippen MR) is 194 cm³/mol. The number of aliphatic hydroxyl groups excluding tert-OH is 1. The number of carbonyl (C=O) groups is 1. The summed E-state index contributed by atoms with van der Waals surface area (Å²) in [5.41, 5.74) is 7.04. The molecule has 6 rings (SSSR count). The molecule has 5 aromatic carbocycles. The van der Waals surface area contributed by atoms with Gasteiger partial charge >= 0.3 is 6.03 Å². The van der Waals surface area contributed by atoms with Crippen molar-refractivity contribution in [2.75, 3.05) is 12.9 Å². The van der Waals surface area contributed by atoms with Gasteiger partial charge < -0.3 is 30.0 Å². The molecule has 252 valence electrons. The van der Waals surface area contributed by atoms with Crippen LogP contribution < -0.4 is 15.4 Å². The quantitative estimate of drug-likeness (QED) is 0.115. The Morgan fingerprint density at radius 3 is 2.14 bits per heavy atom. The van der Waals surface area contributed by atoms with Gasteiger partial charge in [-0.1, -0.05) is 116 Å². The first-order valence-corrected chi connectivity index (χ1v) is 17.5. The fraction of sp³-hybridized carbons (Fsp3) is 0.244. The third-order valence-corrected chi connectivity index (χ3v) is 9.93. The molecule has 2 amide bonds. The zero-order valence-corrected chi connectivity index (χ0v) is 28.6. The number of hydrogen-bond acceptors (Lipinski definition) is 6. The van der Waals surface area contributed by atoms with Crippen LogP contribution >= 0.6 is 11.8 Å². The number of ether oxygens (including phenoxy) is 3. The summed E-state index contributed by atoms with van der Waals surface area (Å²) < 4.78 is 18.9. The number of thioether (sulfide) groups is 1. The highest BCUT2D eigenvalue weighted by molar-refractivity contribution is 7.99. The molecule has 1 heterocycles. The Morgan fingerprint density at radius 1 is 0.735 bits per heavy atom. The molecule has 0 saturated carbocycles. The Balaban J connectivity index is 1.14. The number of amides is 2. The van der Waals surface area contributed by atoms with Gasteiger partial charge in [0.2, 0.25) is 0 Å². The summed E-state index contributed by atoms with van der Waals surface area (Å²) in [7, 11) is 1.69. The lowest BCUT2D eigenvalue weighted by atomic mass is 9.91. The molecule has 8 heteroatoms. The zero-order valence-electron chi connectivity index (χ0n) is 27.8. The second-order valence-corrected chi connectivity index (χ2v) is 13.2. The largest absolute Gasteiger partial charge is 0.496 e. The Bertz CT molecular complexity index is 1800. The van der Waals surface area contributed by atoms with Gasteiger partial charge in [0.25, 0.3) is 0 Å². The second-order valence-electron chi connectivity index (χ2n) is 12.1. The summed E-state index contributed by atoms with van der Waals surface area (Å²) in [5.74, 6) is 1.66. The van der Waals surface area contributed by atoms with Crippen molar-refractivity contribution >= 4 is 17.8 Å². The molecule has 0 aromatic heterocycles. The number of para-hydroxylation sites is 1. The topological polar surface area (TPSA) is 89.1 Å². The molecule has 0 bridgehead atoms. The van der Waals surface area contributed by atoms with E-state index in [1.165, 1.54) is 0 Å². The molecule has 3 N–H and O–H groups in total. The van der Waals surface area contributed by atoms with Gasteiger partial charge in [0, 0.05) is 35.2 Å². The van der Waals surface area contributed by atoms with Crippen molar-refractivity contribution < 1.29 is 24.1 Å². The first-order chi connectivity index (χ1) is 24.0. The first kappa shape index (κ1) is 34.3. The molecule has 0 aliphatic carbocycles. The lowest BCUT2D eigenvalue weighted by molar-refractivity contribution is -0.268. The molecular weight excluding hydrogens is 633 g/mol. The summed E-state index contributed by atoms with van der Waals surface area (Å²) in [4.78, 5) is 13.5. The number of nitrogens with one attached hydrogen (secondary N) is 2. The second kappa shape index (κ2) is 16.7. The molecule has 0 spiro atoms. The van der Waals surface area contributed by atoms with E-state index in [-0.39, 0.29) is 30.8 Å². The van der Waals surface area contributed by atoms with Crippen LogP contribution in [0.2, 0.25) is 0 Å². The van der Waals surface area contributed by atoms with Crippen LogP contribution in [-0.4, -0.2) is 30.1 Å². The minimum Gasteiger partial charge on any atom is -0.496 e. The molecule has 0 radical (unpaired) electrons. The Kier molecular flexibility index (Phi) is 11.7. The molecule has 0 unspecified atom stereocenters. The minimum absolute atomic E-state index is 0.00111. The Morgan fingerprint density at radius 2 is 1.41 bits per heavy atom. The van der Waals surface area contributed by atoms with E-state index < -0.39 is 6.29 Å². The van der Waals surface area contributed by atoms with Gasteiger partial charge in [0.15, 0.2) is 6.29 Å². The Labute approximate surface area is 292 Å². The van der Waals surface area contributed by atoms with Crippen molar-refractivity contribution in [3.8, 4) is 16.9 Å². The maximum absolute atomic E-state index is 12.4. The lowest BCUT2D eigenvalue weighted by Crippen LogP contribution is -2.38. The normalized spacial score (nSPS) is 18.8. The fourth-order valence-corrected chi connectivity index (χ4v) is 7.13. The van der Waals surface area contributed by atoms with Gasteiger partial charge in [-0.15, -0.1) is 11.8 Å². The first-order valence-electron chi connectivity index (χ1n) is 16.5. The molecule has 1 aliphatic heterocycles. The lowest BCUT2D eigenvalue weighted by Gasteiger charge is -2.41. The third kappa shape index (κ3) is 8.90. The number of aliphatic hydroxyl groups is 1. The molecule has 1 aliphatic rings. The van der Waals surface area contributed by atoms with Crippen molar-refractivity contribution in [2.45, 2.75) is 50.0 Å². The van der Waals surface area contributed by atoms with E-state index >= 15 is 0 Å². The third-order valence-electron chi connectivity index (χ3n) is 8.79. The van der Waals surface area contributed by atoms with Crippen LogP contribution in [0.15, 0.2) is 132 Å². The van der Waals surface area contributed by atoms with E-state index in [4.69, 9.17) is 14.2 Å². The molecule has 1 fully saturated rings. The molecule has 49 heavy (non-hydrogen) atoms. The van der Waals surface area contributed by atoms with E-state index in [0.29, 0.717) is 13.1 Å². The van der Waals surface area contributed by atoms with Crippen molar-refractivity contribution in [2.24, 2.45) is 5.92 Å². The SMILES string of the molecule is COc1ccccc1SC[C@H]1O[C@@H](c2ccc(-c3cccc(CNC(=O)NCc4ccccc4)c3)cc2)O[C@@H](c2ccc(CO)cc2)[C@H]1C. The van der Waals surface area contributed by atoms with E-state index in [2.05, 4.69) is 60.0 Å². The van der Waals surface area contributed by atoms with Crippen LogP contribution in [0.25, 0.3) is 11.1 Å². The van der Waals surface area contributed by atoms with Crippen LogP contribution in [0.3, 0.4) is 0 Å². The zero-order chi connectivity index (χ0) is 34.0. The molecule has 4 atom stereocenters. The van der Waals surface area contributed by atoms with Crippen LogP contribution in [0.1, 0.15) is 47.1 Å². The Hall–Kier alpha value is -4.60. The predicted octanol–water partition coefficient (Wildman–Crippen LogP) is 8.44. The van der Waals surface area contributed by atoms with Crippen molar-refractivity contribution in [1.82, 2.24) is 10.6 Å². The highest BCUT2D eigenvalue weighted by atomic mass is 32.2. The number of benzene rings is 5. The number of methoxy groups -OCH3 is 1. The van der Waals surface area contributed by atoms with Gasteiger partial charge in [0.05, 0.1) is 25.9 Å². The summed E-state index contributed by atoms with van der Waals surface area (Å²) >= 11 is 1.72. The summed E-state index contributed by atoms with van der Waals surface area (Å²) in [6.45, 7) is 3.07. The van der Waals surface area contributed by atoms with Crippen LogP contribution in [0.5, 0.6) is 5.75 Å². The molecule has 7 nitrogen and oxygen atoms in total. The van der Waals surface area contributed by atoms with Crippen molar-refractivity contribution in [3.05, 3.63) is 155 Å². The maximum Gasteiger partial charge on any atom is 0.315 e. The van der Waals surface area contributed by atoms with Gasteiger partial charge in [-0.3, -0.25) is 0 Å². The van der Waals surface area contributed by atoms with Crippen LogP contribution in [-0.2, 0) is 29.2 Å². The van der Waals surface area contributed by atoms with Gasteiger partial charge in [0.1, 0.15) is 5.75 Å². The number of carbonyl (C=O) groups excluding carboxylic acids is 1. The van der Waals surface area contributed by atoms with E-state index in [1.807, 2.05) is 84.9 Å². The smallest absolute Gasteiger partial charge is 0.315 e. The van der Waals surface area contributed by atoms with Crippen molar-refractivity contribution in [1.29, 1.82) is 0 Å². The summed E-state index contributed by atoms with van der Waals surface area (Å²) in [5, 5.41) is 15.4.